The molecule has 96 valence electrons. The van der Waals surface area contributed by atoms with Gasteiger partial charge in [0, 0.05) is 6.54 Å². The third kappa shape index (κ3) is 3.96. The summed E-state index contributed by atoms with van der Waals surface area (Å²) in [7, 11) is 0. The summed E-state index contributed by atoms with van der Waals surface area (Å²) >= 11 is 0. The SMILES string of the molecule is CCC(C)(C)CN1CCC(C(F)(F)F)CC1. The van der Waals surface area contributed by atoms with Crippen LogP contribution in [0.25, 0.3) is 0 Å². The lowest BCUT2D eigenvalue weighted by atomic mass is 9.88. The van der Waals surface area contributed by atoms with Crippen molar-refractivity contribution in [2.45, 2.75) is 46.2 Å². The maximum absolute atomic E-state index is 12.5. The topological polar surface area (TPSA) is 3.24 Å². The van der Waals surface area contributed by atoms with E-state index in [0.717, 1.165) is 13.0 Å². The molecule has 0 unspecified atom stereocenters. The summed E-state index contributed by atoms with van der Waals surface area (Å²) in [5.74, 6) is -1.08. The lowest BCUT2D eigenvalue weighted by Crippen LogP contribution is -2.42. The van der Waals surface area contributed by atoms with Crippen molar-refractivity contribution in [1.82, 2.24) is 4.90 Å². The molecule has 0 N–H and O–H groups in total. The average Bonchev–Trinajstić information content (AvgIpc) is 2.16. The molecular weight excluding hydrogens is 215 g/mol. The Morgan fingerprint density at radius 3 is 2.00 bits per heavy atom. The summed E-state index contributed by atoms with van der Waals surface area (Å²) in [5.41, 5.74) is 0.213. The van der Waals surface area contributed by atoms with Crippen molar-refractivity contribution in [3.63, 3.8) is 0 Å². The Morgan fingerprint density at radius 1 is 1.12 bits per heavy atom. The predicted molar refractivity (Wildman–Crippen MR) is 59.3 cm³/mol. The fourth-order valence-electron chi connectivity index (χ4n) is 2.14. The molecule has 1 rings (SSSR count). The zero-order valence-corrected chi connectivity index (χ0v) is 10.4. The average molecular weight is 237 g/mol. The van der Waals surface area contributed by atoms with Gasteiger partial charge in [0.25, 0.3) is 0 Å². The van der Waals surface area contributed by atoms with Gasteiger partial charge in [0.2, 0.25) is 0 Å². The van der Waals surface area contributed by atoms with E-state index in [2.05, 4.69) is 25.7 Å². The van der Waals surface area contributed by atoms with Gasteiger partial charge in [-0.1, -0.05) is 20.8 Å². The van der Waals surface area contributed by atoms with Crippen molar-refractivity contribution in [3.05, 3.63) is 0 Å². The Hall–Kier alpha value is -0.250. The van der Waals surface area contributed by atoms with Gasteiger partial charge in [-0.3, -0.25) is 0 Å². The first-order chi connectivity index (χ1) is 7.24. The van der Waals surface area contributed by atoms with E-state index < -0.39 is 12.1 Å². The minimum Gasteiger partial charge on any atom is -0.303 e. The van der Waals surface area contributed by atoms with Crippen LogP contribution in [0.5, 0.6) is 0 Å². The van der Waals surface area contributed by atoms with Crippen LogP contribution in [0.2, 0.25) is 0 Å². The second-order valence-corrected chi connectivity index (χ2v) is 5.61. The molecule has 0 atom stereocenters. The van der Waals surface area contributed by atoms with Crippen molar-refractivity contribution < 1.29 is 13.2 Å². The van der Waals surface area contributed by atoms with Gasteiger partial charge in [-0.15, -0.1) is 0 Å². The number of halogens is 3. The normalized spacial score (nSPS) is 21.4. The molecule has 0 spiro atoms. The number of hydrogen-bond donors (Lipinski definition) is 0. The van der Waals surface area contributed by atoms with Crippen LogP contribution < -0.4 is 0 Å². The molecule has 1 aliphatic heterocycles. The third-order valence-electron chi connectivity index (χ3n) is 3.66. The molecule has 1 nitrogen and oxygen atoms in total. The summed E-state index contributed by atoms with van der Waals surface area (Å²) < 4.78 is 37.4. The van der Waals surface area contributed by atoms with Crippen LogP contribution in [-0.4, -0.2) is 30.7 Å². The molecule has 0 amide bonds. The van der Waals surface area contributed by atoms with E-state index in [1.807, 2.05) is 0 Å². The standard InChI is InChI=1S/C12H22F3N/c1-4-11(2,3)9-16-7-5-10(6-8-16)12(13,14)15/h10H,4-9H2,1-3H3. The summed E-state index contributed by atoms with van der Waals surface area (Å²) in [6, 6.07) is 0. The van der Waals surface area contributed by atoms with Crippen LogP contribution in [0.3, 0.4) is 0 Å². The number of piperidine rings is 1. The highest BCUT2D eigenvalue weighted by atomic mass is 19.4. The molecule has 0 aromatic carbocycles. The van der Waals surface area contributed by atoms with Crippen LogP contribution in [0.1, 0.15) is 40.0 Å². The summed E-state index contributed by atoms with van der Waals surface area (Å²) in [6.45, 7) is 8.56. The minimum atomic E-state index is -3.99. The zero-order chi connectivity index (χ0) is 12.4. The molecule has 0 aromatic rings. The highest BCUT2D eigenvalue weighted by Crippen LogP contribution is 2.35. The summed E-state index contributed by atoms with van der Waals surface area (Å²) in [5, 5.41) is 0. The Balaban J connectivity index is 2.38. The maximum atomic E-state index is 12.5. The van der Waals surface area contributed by atoms with Crippen molar-refractivity contribution in [2.75, 3.05) is 19.6 Å². The molecule has 16 heavy (non-hydrogen) atoms. The minimum absolute atomic E-state index is 0.213. The lowest BCUT2D eigenvalue weighted by Gasteiger charge is -2.37. The van der Waals surface area contributed by atoms with E-state index in [1.54, 1.807) is 0 Å². The van der Waals surface area contributed by atoms with E-state index >= 15 is 0 Å². The van der Waals surface area contributed by atoms with Gasteiger partial charge in [0.15, 0.2) is 0 Å². The highest BCUT2D eigenvalue weighted by Gasteiger charge is 2.41. The Bertz CT molecular complexity index is 215. The molecule has 0 saturated carbocycles. The van der Waals surface area contributed by atoms with Gasteiger partial charge >= 0.3 is 6.18 Å². The van der Waals surface area contributed by atoms with E-state index in [9.17, 15) is 13.2 Å². The van der Waals surface area contributed by atoms with Gasteiger partial charge < -0.3 is 4.90 Å². The van der Waals surface area contributed by atoms with Crippen molar-refractivity contribution in [3.8, 4) is 0 Å². The molecule has 1 saturated heterocycles. The molecule has 0 radical (unpaired) electrons. The summed E-state index contributed by atoms with van der Waals surface area (Å²) in [4.78, 5) is 2.17. The van der Waals surface area contributed by atoms with Gasteiger partial charge in [-0.25, -0.2) is 0 Å². The predicted octanol–water partition coefficient (Wildman–Crippen LogP) is 3.70. The van der Waals surface area contributed by atoms with E-state index in [4.69, 9.17) is 0 Å². The van der Waals surface area contributed by atoms with Crippen LogP contribution >= 0.6 is 0 Å². The van der Waals surface area contributed by atoms with Crippen LogP contribution in [0.15, 0.2) is 0 Å². The third-order valence-corrected chi connectivity index (χ3v) is 3.66. The molecule has 0 aromatic heterocycles. The highest BCUT2D eigenvalue weighted by molar-refractivity contribution is 4.80. The van der Waals surface area contributed by atoms with E-state index in [-0.39, 0.29) is 18.3 Å². The monoisotopic (exact) mass is 237 g/mol. The summed E-state index contributed by atoms with van der Waals surface area (Å²) in [6.07, 6.45) is -2.40. The number of hydrogen-bond acceptors (Lipinski definition) is 1. The molecule has 4 heteroatoms. The van der Waals surface area contributed by atoms with Crippen molar-refractivity contribution in [1.29, 1.82) is 0 Å². The van der Waals surface area contributed by atoms with Gasteiger partial charge in [-0.2, -0.15) is 13.2 Å². The van der Waals surface area contributed by atoms with Crippen LogP contribution in [0.4, 0.5) is 13.2 Å². The first-order valence-electron chi connectivity index (χ1n) is 6.04. The number of rotatable bonds is 3. The maximum Gasteiger partial charge on any atom is 0.391 e. The molecule has 0 bridgehead atoms. The lowest BCUT2D eigenvalue weighted by molar-refractivity contribution is -0.185. The molecule has 1 fully saturated rings. The van der Waals surface area contributed by atoms with Crippen LogP contribution in [0, 0.1) is 11.3 Å². The molecule has 1 heterocycles. The Kier molecular flexibility index (Phi) is 4.27. The van der Waals surface area contributed by atoms with Crippen molar-refractivity contribution >= 4 is 0 Å². The fraction of sp³-hybridized carbons (Fsp3) is 1.00. The number of nitrogens with zero attached hydrogens (tertiary/aromatic N) is 1. The number of likely N-dealkylation sites (tertiary alicyclic amines) is 1. The van der Waals surface area contributed by atoms with Crippen molar-refractivity contribution in [2.24, 2.45) is 11.3 Å². The largest absolute Gasteiger partial charge is 0.391 e. The molecular formula is C12H22F3N. The fourth-order valence-corrected chi connectivity index (χ4v) is 2.14. The first-order valence-corrected chi connectivity index (χ1v) is 6.04. The van der Waals surface area contributed by atoms with Crippen LogP contribution in [-0.2, 0) is 0 Å². The van der Waals surface area contributed by atoms with Gasteiger partial charge in [0.05, 0.1) is 5.92 Å². The first kappa shape index (κ1) is 13.8. The van der Waals surface area contributed by atoms with Gasteiger partial charge in [-0.05, 0) is 37.8 Å². The zero-order valence-electron chi connectivity index (χ0n) is 10.4. The smallest absolute Gasteiger partial charge is 0.303 e. The number of alkyl halides is 3. The Morgan fingerprint density at radius 2 is 1.62 bits per heavy atom. The molecule has 1 aliphatic rings. The molecule has 0 aliphatic carbocycles. The second-order valence-electron chi connectivity index (χ2n) is 5.61. The van der Waals surface area contributed by atoms with E-state index in [0.29, 0.717) is 13.1 Å². The van der Waals surface area contributed by atoms with Gasteiger partial charge in [0.1, 0.15) is 0 Å². The Labute approximate surface area is 96.0 Å². The second kappa shape index (κ2) is 4.94. The van der Waals surface area contributed by atoms with E-state index in [1.165, 1.54) is 0 Å². The quantitative estimate of drug-likeness (QED) is 0.723.